The highest BCUT2D eigenvalue weighted by Crippen LogP contribution is 2.56. The number of ether oxygens (including phenoxy) is 4. The Bertz CT molecular complexity index is 2310. The topological polar surface area (TPSA) is 152 Å². The van der Waals surface area contributed by atoms with Gasteiger partial charge in [-0.25, -0.2) is 9.59 Å². The molecule has 0 radical (unpaired) electrons. The molecule has 7 rings (SSSR count). The zero-order valence-electron chi connectivity index (χ0n) is 30.4. The summed E-state index contributed by atoms with van der Waals surface area (Å²) in [5, 5.41) is 43.9. The highest BCUT2D eigenvalue weighted by molar-refractivity contribution is 5.92. The maximum Gasteiger partial charge on any atom is 0.338 e. The van der Waals surface area contributed by atoms with E-state index in [1.54, 1.807) is 6.07 Å². The lowest BCUT2D eigenvalue weighted by atomic mass is 9.67. The third kappa shape index (κ3) is 7.25. The highest BCUT2D eigenvalue weighted by atomic mass is 16.6. The molecule has 0 heterocycles. The van der Waals surface area contributed by atoms with Crippen molar-refractivity contribution in [1.29, 1.82) is 0 Å². The Hall–Kier alpha value is -5.78. The van der Waals surface area contributed by atoms with Crippen LogP contribution < -0.4 is 9.47 Å². The molecular formula is C45H42O10. The van der Waals surface area contributed by atoms with E-state index in [1.807, 2.05) is 31.2 Å². The second kappa shape index (κ2) is 15.9. The summed E-state index contributed by atoms with van der Waals surface area (Å²) in [4.78, 5) is 23.4. The molecule has 0 amide bonds. The average Bonchev–Trinajstić information content (AvgIpc) is 3.53. The van der Waals surface area contributed by atoms with E-state index in [4.69, 9.17) is 14.2 Å². The van der Waals surface area contributed by atoms with Gasteiger partial charge in [0, 0.05) is 0 Å². The van der Waals surface area contributed by atoms with Crippen LogP contribution >= 0.6 is 0 Å². The van der Waals surface area contributed by atoms with Crippen LogP contribution in [0.2, 0.25) is 0 Å². The maximum atomic E-state index is 12.0. The van der Waals surface area contributed by atoms with Gasteiger partial charge in [-0.05, 0) is 97.7 Å². The van der Waals surface area contributed by atoms with Crippen molar-refractivity contribution >= 4 is 33.5 Å². The molecule has 0 spiro atoms. The van der Waals surface area contributed by atoms with E-state index in [0.717, 1.165) is 39.8 Å². The summed E-state index contributed by atoms with van der Waals surface area (Å²) >= 11 is 0. The van der Waals surface area contributed by atoms with E-state index in [2.05, 4.69) is 95.7 Å². The van der Waals surface area contributed by atoms with Crippen LogP contribution in [0.4, 0.5) is 0 Å². The fourth-order valence-electron chi connectivity index (χ4n) is 7.31. The minimum absolute atomic E-state index is 0.223. The quantitative estimate of drug-likeness (QED) is 0.102. The Morgan fingerprint density at radius 1 is 0.564 bits per heavy atom. The van der Waals surface area contributed by atoms with E-state index in [0.29, 0.717) is 17.9 Å². The number of fused-ring (bicyclic) bond motifs is 5. The van der Waals surface area contributed by atoms with Crippen LogP contribution in [0.1, 0.15) is 35.6 Å². The van der Waals surface area contributed by atoms with E-state index in [-0.39, 0.29) is 13.2 Å². The van der Waals surface area contributed by atoms with Gasteiger partial charge in [-0.15, -0.1) is 0 Å². The van der Waals surface area contributed by atoms with Crippen LogP contribution in [0.5, 0.6) is 11.5 Å². The molecule has 4 N–H and O–H groups in total. The van der Waals surface area contributed by atoms with Gasteiger partial charge in [-0.1, -0.05) is 91.9 Å². The first kappa shape index (κ1) is 37.5. The van der Waals surface area contributed by atoms with Crippen LogP contribution in [-0.2, 0) is 24.5 Å². The first-order valence-electron chi connectivity index (χ1n) is 18.1. The van der Waals surface area contributed by atoms with Crippen molar-refractivity contribution in [2.75, 3.05) is 26.9 Å². The van der Waals surface area contributed by atoms with Crippen molar-refractivity contribution in [1.82, 2.24) is 0 Å². The largest absolute Gasteiger partial charge is 0.491 e. The molecule has 0 aliphatic heterocycles. The SMILES string of the molecule is CCC(O)COc1ccc2cc(C3(c4ccc5cc(OCC(O)COC(=O)C(O)C(O)C(=O)OC)ccc5c4)c4ccccc4-c4ccccc43)ccc2c1. The third-order valence-electron chi connectivity index (χ3n) is 10.2. The first-order valence-corrected chi connectivity index (χ1v) is 18.1. The summed E-state index contributed by atoms with van der Waals surface area (Å²) in [6, 6.07) is 41.7. The number of hydrogen-bond acceptors (Lipinski definition) is 10. The first-order chi connectivity index (χ1) is 26.6. The van der Waals surface area contributed by atoms with Crippen LogP contribution in [-0.4, -0.2) is 83.7 Å². The second-order valence-corrected chi connectivity index (χ2v) is 13.7. The normalized spacial score (nSPS) is 15.0. The number of carbonyl (C=O) groups is 2. The Labute approximate surface area is 318 Å². The Morgan fingerprint density at radius 3 is 1.53 bits per heavy atom. The van der Waals surface area contributed by atoms with Gasteiger partial charge in [0.25, 0.3) is 0 Å². The minimum atomic E-state index is -2.16. The minimum Gasteiger partial charge on any atom is -0.491 e. The Kier molecular flexibility index (Phi) is 10.9. The zero-order chi connectivity index (χ0) is 38.7. The fraction of sp³-hybridized carbons (Fsp3) is 0.244. The number of aliphatic hydroxyl groups excluding tert-OH is 4. The van der Waals surface area contributed by atoms with Gasteiger partial charge in [0.1, 0.15) is 37.4 Å². The van der Waals surface area contributed by atoms with Gasteiger partial charge in [-0.3, -0.25) is 0 Å². The molecular weight excluding hydrogens is 700 g/mol. The van der Waals surface area contributed by atoms with Crippen molar-refractivity contribution in [2.24, 2.45) is 0 Å². The van der Waals surface area contributed by atoms with E-state index in [9.17, 15) is 30.0 Å². The Morgan fingerprint density at radius 2 is 1.02 bits per heavy atom. The van der Waals surface area contributed by atoms with Crippen molar-refractivity contribution in [3.05, 3.63) is 144 Å². The van der Waals surface area contributed by atoms with Gasteiger partial charge in [0.2, 0.25) is 0 Å². The molecule has 1 aliphatic rings. The molecule has 10 nitrogen and oxygen atoms in total. The predicted molar refractivity (Wildman–Crippen MR) is 207 cm³/mol. The molecule has 1 aliphatic carbocycles. The molecule has 55 heavy (non-hydrogen) atoms. The van der Waals surface area contributed by atoms with Gasteiger partial charge in [-0.2, -0.15) is 0 Å². The van der Waals surface area contributed by atoms with Crippen molar-refractivity contribution in [3.8, 4) is 22.6 Å². The van der Waals surface area contributed by atoms with E-state index in [1.165, 1.54) is 22.3 Å². The van der Waals surface area contributed by atoms with Crippen LogP contribution in [0.25, 0.3) is 32.7 Å². The number of esters is 2. The maximum absolute atomic E-state index is 12.0. The van der Waals surface area contributed by atoms with E-state index >= 15 is 0 Å². The molecule has 0 aromatic heterocycles. The Balaban J connectivity index is 1.18. The fourth-order valence-corrected chi connectivity index (χ4v) is 7.31. The smallest absolute Gasteiger partial charge is 0.338 e. The van der Waals surface area contributed by atoms with Crippen LogP contribution in [0.3, 0.4) is 0 Å². The summed E-state index contributed by atoms with van der Waals surface area (Å²) in [7, 11) is 1.00. The molecule has 0 saturated heterocycles. The van der Waals surface area contributed by atoms with Crippen molar-refractivity contribution in [2.45, 2.75) is 43.2 Å². The number of rotatable bonds is 14. The van der Waals surface area contributed by atoms with Crippen LogP contribution in [0, 0.1) is 0 Å². The monoisotopic (exact) mass is 742 g/mol. The number of benzene rings is 6. The van der Waals surface area contributed by atoms with Gasteiger partial charge in [0.15, 0.2) is 12.2 Å². The van der Waals surface area contributed by atoms with Crippen molar-refractivity contribution < 1.29 is 49.0 Å². The molecule has 0 saturated carbocycles. The highest BCUT2D eigenvalue weighted by Gasteiger charge is 2.46. The summed E-state index contributed by atoms with van der Waals surface area (Å²) in [6.45, 7) is 1.41. The second-order valence-electron chi connectivity index (χ2n) is 13.7. The van der Waals surface area contributed by atoms with Crippen LogP contribution in [0.15, 0.2) is 121 Å². The van der Waals surface area contributed by atoms with Gasteiger partial charge in [0.05, 0.1) is 18.6 Å². The molecule has 0 bridgehead atoms. The zero-order valence-corrected chi connectivity index (χ0v) is 30.4. The number of carbonyl (C=O) groups excluding carboxylic acids is 2. The van der Waals surface area contributed by atoms with Gasteiger partial charge < -0.3 is 39.4 Å². The molecule has 282 valence electrons. The summed E-state index contributed by atoms with van der Waals surface area (Å²) in [5.74, 6) is -1.28. The molecule has 10 heteroatoms. The number of hydrogen-bond donors (Lipinski definition) is 4. The van der Waals surface area contributed by atoms with E-state index < -0.39 is 48.4 Å². The molecule has 4 atom stereocenters. The summed E-state index contributed by atoms with van der Waals surface area (Å²) < 4.78 is 20.9. The molecule has 6 aromatic rings. The summed E-state index contributed by atoms with van der Waals surface area (Å²) in [6.07, 6.45) is -5.40. The van der Waals surface area contributed by atoms with Crippen molar-refractivity contribution in [3.63, 3.8) is 0 Å². The standard InChI is InChI=1S/C45H42O10/c1-3-33(46)24-53-35-18-14-27-20-31(16-12-29(27)22-35)45(39-10-6-4-8-37(39)38-9-5-7-11-40(38)45)32-17-13-30-23-36(19-15-28(30)21-32)54-25-34(47)26-55-44(51)42(49)41(48)43(50)52-2/h4-23,33-34,41-42,46-49H,3,24-26H2,1-2H3. The molecule has 4 unspecified atom stereocenters. The number of methoxy groups -OCH3 is 1. The van der Waals surface area contributed by atoms with Gasteiger partial charge >= 0.3 is 11.9 Å². The average molecular weight is 743 g/mol. The third-order valence-corrected chi connectivity index (χ3v) is 10.2. The number of aliphatic hydroxyl groups is 4. The molecule has 6 aromatic carbocycles. The lowest BCUT2D eigenvalue weighted by Crippen LogP contribution is -2.42. The summed E-state index contributed by atoms with van der Waals surface area (Å²) in [5.41, 5.74) is 6.31. The lowest BCUT2D eigenvalue weighted by Gasteiger charge is -2.34. The predicted octanol–water partition coefficient (Wildman–Crippen LogP) is 5.68. The lowest BCUT2D eigenvalue weighted by molar-refractivity contribution is -0.173. The molecule has 0 fully saturated rings.